The molecular weight excluding hydrogens is 374 g/mol. The third-order valence-corrected chi connectivity index (χ3v) is 6.96. The van der Waals surface area contributed by atoms with E-state index in [0.717, 1.165) is 24.5 Å². The number of nitrogens with zero attached hydrogens (tertiary/aromatic N) is 1. The predicted molar refractivity (Wildman–Crippen MR) is 131 cm³/mol. The van der Waals surface area contributed by atoms with Gasteiger partial charge in [0.05, 0.1) is 5.69 Å². The molecule has 0 atom stereocenters. The summed E-state index contributed by atoms with van der Waals surface area (Å²) in [4.78, 5) is 5.00. The van der Waals surface area contributed by atoms with Crippen molar-refractivity contribution in [3.8, 4) is 22.4 Å². The lowest BCUT2D eigenvalue weighted by atomic mass is 9.90. The van der Waals surface area contributed by atoms with Crippen molar-refractivity contribution in [3.05, 3.63) is 88.6 Å². The Morgan fingerprint density at radius 1 is 0.903 bits per heavy atom. The number of pyridine rings is 1. The summed E-state index contributed by atoms with van der Waals surface area (Å²) in [5.41, 5.74) is 12.5. The topological polar surface area (TPSA) is 12.9 Å². The van der Waals surface area contributed by atoms with Gasteiger partial charge in [-0.15, -0.1) is 0 Å². The second-order valence-electron chi connectivity index (χ2n) is 9.98. The van der Waals surface area contributed by atoms with Crippen LogP contribution in [0.25, 0.3) is 33.2 Å². The van der Waals surface area contributed by atoms with Crippen molar-refractivity contribution in [1.82, 2.24) is 4.98 Å². The summed E-state index contributed by atoms with van der Waals surface area (Å²) in [6.45, 7) is 6.85. The fraction of sp³-hybridized carbons (Fsp3) is 0.300. The molecule has 2 aliphatic carbocycles. The van der Waals surface area contributed by atoms with E-state index in [9.17, 15) is 0 Å². The second-order valence-corrected chi connectivity index (χ2v) is 9.98. The van der Waals surface area contributed by atoms with Gasteiger partial charge in [-0.1, -0.05) is 50.2 Å². The summed E-state index contributed by atoms with van der Waals surface area (Å²) in [5, 5.41) is 2.75. The zero-order valence-corrected chi connectivity index (χ0v) is 18.7. The molecule has 1 nitrogen and oxygen atoms in total. The van der Waals surface area contributed by atoms with E-state index in [-0.39, 0.29) is 0 Å². The van der Waals surface area contributed by atoms with Crippen molar-refractivity contribution in [3.63, 3.8) is 0 Å². The molecular formula is C30H29N. The Balaban J connectivity index is 1.61. The van der Waals surface area contributed by atoms with Crippen LogP contribution >= 0.6 is 0 Å². The maximum absolute atomic E-state index is 5.00. The molecule has 0 aliphatic heterocycles. The molecule has 0 amide bonds. The van der Waals surface area contributed by atoms with E-state index in [1.54, 1.807) is 5.56 Å². The van der Waals surface area contributed by atoms with Gasteiger partial charge in [0.2, 0.25) is 0 Å². The van der Waals surface area contributed by atoms with Crippen molar-refractivity contribution in [2.75, 3.05) is 0 Å². The van der Waals surface area contributed by atoms with Crippen molar-refractivity contribution in [2.24, 2.45) is 5.92 Å². The van der Waals surface area contributed by atoms with Gasteiger partial charge in [0.1, 0.15) is 0 Å². The molecule has 0 saturated heterocycles. The van der Waals surface area contributed by atoms with Gasteiger partial charge in [-0.05, 0) is 107 Å². The number of aryl methyl sites for hydroxylation is 1. The second kappa shape index (κ2) is 7.05. The van der Waals surface area contributed by atoms with Crippen molar-refractivity contribution in [1.29, 1.82) is 0 Å². The Labute approximate surface area is 185 Å². The Morgan fingerprint density at radius 3 is 2.52 bits per heavy atom. The fourth-order valence-electron chi connectivity index (χ4n) is 5.50. The summed E-state index contributed by atoms with van der Waals surface area (Å²) in [7, 11) is 0. The number of benzene rings is 3. The average molecular weight is 404 g/mol. The molecule has 0 spiro atoms. The zero-order valence-electron chi connectivity index (χ0n) is 18.7. The fourth-order valence-corrected chi connectivity index (χ4v) is 5.50. The highest BCUT2D eigenvalue weighted by molar-refractivity contribution is 5.99. The van der Waals surface area contributed by atoms with Gasteiger partial charge in [0.25, 0.3) is 0 Å². The number of hydrogen-bond acceptors (Lipinski definition) is 1. The molecule has 1 heteroatoms. The van der Waals surface area contributed by atoms with Gasteiger partial charge < -0.3 is 0 Å². The minimum atomic E-state index is 0.655. The Morgan fingerprint density at radius 2 is 1.71 bits per heavy atom. The third kappa shape index (κ3) is 3.19. The van der Waals surface area contributed by atoms with Crippen LogP contribution in [0.5, 0.6) is 0 Å². The molecule has 1 aromatic heterocycles. The van der Waals surface area contributed by atoms with Crippen molar-refractivity contribution in [2.45, 2.75) is 52.4 Å². The first-order chi connectivity index (χ1) is 15.1. The molecule has 31 heavy (non-hydrogen) atoms. The van der Waals surface area contributed by atoms with Gasteiger partial charge >= 0.3 is 0 Å². The molecule has 1 fully saturated rings. The third-order valence-electron chi connectivity index (χ3n) is 6.96. The highest BCUT2D eigenvalue weighted by atomic mass is 14.7. The largest absolute Gasteiger partial charge is 0.256 e. The molecule has 3 aromatic carbocycles. The van der Waals surface area contributed by atoms with E-state index >= 15 is 0 Å². The number of rotatable bonds is 4. The summed E-state index contributed by atoms with van der Waals surface area (Å²) in [6, 6.07) is 20.7. The molecule has 1 saturated carbocycles. The van der Waals surface area contributed by atoms with Crippen LogP contribution in [0.3, 0.4) is 0 Å². The van der Waals surface area contributed by atoms with Crippen LogP contribution < -0.4 is 0 Å². The van der Waals surface area contributed by atoms with E-state index in [1.807, 2.05) is 6.20 Å². The van der Waals surface area contributed by atoms with Gasteiger partial charge in [-0.3, -0.25) is 4.98 Å². The Hall–Kier alpha value is -2.93. The van der Waals surface area contributed by atoms with E-state index in [2.05, 4.69) is 75.4 Å². The zero-order chi connectivity index (χ0) is 21.1. The quantitative estimate of drug-likeness (QED) is 0.298. The average Bonchev–Trinajstić information content (AvgIpc) is 3.53. The monoisotopic (exact) mass is 403 g/mol. The standard InChI is InChI=1S/C30H29N/c1-18(2)12-20-15-25(21-8-9-21)24-10-11-31-30(29(24)16-20)28-14-19(3)13-26-23-7-5-4-6-22(23)17-27(26)28/h4-7,10-11,13-16,18,21H,8-9,12,17H2,1-3H3. The maximum atomic E-state index is 5.00. The van der Waals surface area contributed by atoms with Gasteiger partial charge in [0, 0.05) is 17.1 Å². The van der Waals surface area contributed by atoms with Crippen LogP contribution in [0.15, 0.2) is 60.8 Å². The van der Waals surface area contributed by atoms with Crippen molar-refractivity contribution < 1.29 is 0 Å². The SMILES string of the molecule is Cc1cc2c(c(-c3nccc4c(C5CC5)cc(CC(C)C)cc34)c1)Cc1ccccc1-2. The molecule has 1 heterocycles. The van der Waals surface area contributed by atoms with Crippen LogP contribution in [-0.4, -0.2) is 4.98 Å². The minimum Gasteiger partial charge on any atom is -0.256 e. The first kappa shape index (κ1) is 18.8. The summed E-state index contributed by atoms with van der Waals surface area (Å²) in [5.74, 6) is 1.39. The molecule has 2 aliphatic rings. The normalized spacial score (nSPS) is 14.8. The number of aromatic nitrogens is 1. The number of fused-ring (bicyclic) bond motifs is 4. The highest BCUT2D eigenvalue weighted by Crippen LogP contribution is 2.47. The molecule has 4 aromatic rings. The first-order valence-corrected chi connectivity index (χ1v) is 11.7. The summed E-state index contributed by atoms with van der Waals surface area (Å²) < 4.78 is 0. The molecule has 0 bridgehead atoms. The Kier molecular flexibility index (Phi) is 4.28. The predicted octanol–water partition coefficient (Wildman–Crippen LogP) is 7.86. The van der Waals surface area contributed by atoms with E-state index in [4.69, 9.17) is 4.98 Å². The van der Waals surface area contributed by atoms with Crippen LogP contribution in [0.4, 0.5) is 0 Å². The first-order valence-electron chi connectivity index (χ1n) is 11.7. The highest BCUT2D eigenvalue weighted by Gasteiger charge is 2.28. The van der Waals surface area contributed by atoms with Crippen LogP contribution in [0, 0.1) is 12.8 Å². The minimum absolute atomic E-state index is 0.655. The lowest BCUT2D eigenvalue weighted by Crippen LogP contribution is -1.99. The van der Waals surface area contributed by atoms with E-state index < -0.39 is 0 Å². The van der Waals surface area contributed by atoms with Crippen LogP contribution in [0.2, 0.25) is 0 Å². The summed E-state index contributed by atoms with van der Waals surface area (Å²) >= 11 is 0. The number of hydrogen-bond donors (Lipinski definition) is 0. The molecule has 0 N–H and O–H groups in total. The summed E-state index contributed by atoms with van der Waals surface area (Å²) in [6.07, 6.45) is 6.81. The molecule has 0 unspecified atom stereocenters. The van der Waals surface area contributed by atoms with Crippen molar-refractivity contribution >= 4 is 10.8 Å². The Bertz CT molecular complexity index is 1320. The lowest BCUT2D eigenvalue weighted by Gasteiger charge is -2.16. The van der Waals surface area contributed by atoms with Gasteiger partial charge in [0.15, 0.2) is 0 Å². The molecule has 6 rings (SSSR count). The molecule has 0 radical (unpaired) electrons. The van der Waals surface area contributed by atoms with Gasteiger partial charge in [-0.25, -0.2) is 0 Å². The van der Waals surface area contributed by atoms with Crippen LogP contribution in [0.1, 0.15) is 60.4 Å². The lowest BCUT2D eigenvalue weighted by molar-refractivity contribution is 0.647. The van der Waals surface area contributed by atoms with E-state index in [1.165, 1.54) is 62.6 Å². The maximum Gasteiger partial charge on any atom is 0.0783 e. The smallest absolute Gasteiger partial charge is 0.0783 e. The van der Waals surface area contributed by atoms with Gasteiger partial charge in [-0.2, -0.15) is 0 Å². The van der Waals surface area contributed by atoms with Crippen LogP contribution in [-0.2, 0) is 12.8 Å². The van der Waals surface area contributed by atoms with E-state index in [0.29, 0.717) is 5.92 Å². The molecule has 154 valence electrons.